The van der Waals surface area contributed by atoms with Crippen LogP contribution in [0.4, 0.5) is 0 Å². The molecule has 0 aromatic carbocycles. The highest BCUT2D eigenvalue weighted by Gasteiger charge is 2.26. The Kier molecular flexibility index (Phi) is 5.20. The monoisotopic (exact) mass is 329 g/mol. The van der Waals surface area contributed by atoms with Crippen LogP contribution >= 0.6 is 0 Å². The lowest BCUT2D eigenvalue weighted by molar-refractivity contribution is -0.139. The highest BCUT2D eigenvalue weighted by Crippen LogP contribution is 2.22. The minimum absolute atomic E-state index is 0.165. The summed E-state index contributed by atoms with van der Waals surface area (Å²) in [4.78, 5) is 23.1. The fourth-order valence-electron chi connectivity index (χ4n) is 2.95. The Morgan fingerprint density at radius 3 is 3.00 bits per heavy atom. The van der Waals surface area contributed by atoms with Gasteiger partial charge in [0.15, 0.2) is 0 Å². The number of ether oxygens (including phenoxy) is 1. The normalized spacial score (nSPS) is 17.9. The topological polar surface area (TPSA) is 73.1 Å². The molecule has 1 unspecified atom stereocenters. The first-order valence-electron chi connectivity index (χ1n) is 8.31. The van der Waals surface area contributed by atoms with E-state index >= 15 is 0 Å². The molecule has 1 atom stereocenters. The molecular weight excluding hydrogens is 306 g/mol. The first-order valence-corrected chi connectivity index (χ1v) is 8.31. The van der Waals surface area contributed by atoms with Crippen molar-refractivity contribution in [2.45, 2.75) is 39.3 Å². The van der Waals surface area contributed by atoms with E-state index in [1.165, 1.54) is 0 Å². The van der Waals surface area contributed by atoms with Gasteiger partial charge in [0.05, 0.1) is 18.8 Å². The van der Waals surface area contributed by atoms with E-state index in [1.807, 2.05) is 41.8 Å². The lowest BCUT2D eigenvalue weighted by atomic mass is 10.1. The third-order valence-corrected chi connectivity index (χ3v) is 4.07. The Labute approximate surface area is 141 Å². The zero-order valence-corrected chi connectivity index (χ0v) is 14.2. The van der Waals surface area contributed by atoms with Gasteiger partial charge in [-0.15, -0.1) is 0 Å². The van der Waals surface area contributed by atoms with Gasteiger partial charge in [0.2, 0.25) is 5.91 Å². The molecule has 7 nitrogen and oxygen atoms in total. The maximum atomic E-state index is 12.4. The average Bonchev–Trinajstić information content (AvgIpc) is 3.07. The molecule has 1 amide bonds. The molecule has 0 spiro atoms. The molecule has 24 heavy (non-hydrogen) atoms. The highest BCUT2D eigenvalue weighted by molar-refractivity contribution is 5.76. The van der Waals surface area contributed by atoms with Gasteiger partial charge in [0, 0.05) is 37.6 Å². The van der Waals surface area contributed by atoms with Crippen molar-refractivity contribution in [3.05, 3.63) is 41.7 Å². The lowest BCUT2D eigenvalue weighted by Crippen LogP contribution is -2.42. The first kappa shape index (κ1) is 16.6. The number of amides is 1. The Balaban J connectivity index is 1.55. The third kappa shape index (κ3) is 4.17. The van der Waals surface area contributed by atoms with Crippen molar-refractivity contribution in [1.29, 1.82) is 0 Å². The molecule has 0 radical (unpaired) electrons. The number of aryl methyl sites for hydroxylation is 3. The second-order valence-electron chi connectivity index (χ2n) is 6.05. The number of carbonyl (C=O) groups is 1. The van der Waals surface area contributed by atoms with Crippen molar-refractivity contribution >= 4 is 5.91 Å². The van der Waals surface area contributed by atoms with Gasteiger partial charge >= 0.3 is 0 Å². The lowest BCUT2D eigenvalue weighted by Gasteiger charge is -2.33. The summed E-state index contributed by atoms with van der Waals surface area (Å²) in [5.41, 5.74) is 1.78. The number of aromatic nitrogens is 4. The highest BCUT2D eigenvalue weighted by atomic mass is 16.5. The summed E-state index contributed by atoms with van der Waals surface area (Å²) in [7, 11) is 0. The molecule has 3 heterocycles. The zero-order valence-electron chi connectivity index (χ0n) is 14.2. The summed E-state index contributed by atoms with van der Waals surface area (Å²) in [6, 6.07) is 3.82. The fraction of sp³-hybridized carbons (Fsp3) is 0.529. The van der Waals surface area contributed by atoms with Crippen LogP contribution in [0.2, 0.25) is 0 Å². The number of morpholine rings is 1. The van der Waals surface area contributed by atoms with Crippen LogP contribution in [0, 0.1) is 13.8 Å². The summed E-state index contributed by atoms with van der Waals surface area (Å²) in [5.74, 6) is 0.897. The van der Waals surface area contributed by atoms with E-state index in [0.29, 0.717) is 26.1 Å². The summed E-state index contributed by atoms with van der Waals surface area (Å²) >= 11 is 0. The number of hydrogen-bond acceptors (Lipinski definition) is 5. The molecule has 2 aromatic heterocycles. The maximum absolute atomic E-state index is 12.4. The van der Waals surface area contributed by atoms with Gasteiger partial charge < -0.3 is 9.64 Å². The second-order valence-corrected chi connectivity index (χ2v) is 6.05. The predicted octanol–water partition coefficient (Wildman–Crippen LogP) is 1.67. The van der Waals surface area contributed by atoms with E-state index in [4.69, 9.17) is 4.74 Å². The zero-order chi connectivity index (χ0) is 16.9. The molecule has 1 aliphatic rings. The fourth-order valence-corrected chi connectivity index (χ4v) is 2.95. The van der Waals surface area contributed by atoms with E-state index < -0.39 is 0 Å². The molecule has 0 saturated carbocycles. The van der Waals surface area contributed by atoms with Crippen LogP contribution in [0.1, 0.15) is 36.2 Å². The maximum Gasteiger partial charge on any atom is 0.222 e. The smallest absolute Gasteiger partial charge is 0.222 e. The van der Waals surface area contributed by atoms with E-state index in [0.717, 1.165) is 30.2 Å². The van der Waals surface area contributed by atoms with Crippen LogP contribution in [0.5, 0.6) is 0 Å². The quantitative estimate of drug-likeness (QED) is 0.834. The van der Waals surface area contributed by atoms with Crippen LogP contribution in [0.25, 0.3) is 0 Å². The van der Waals surface area contributed by atoms with Crippen LogP contribution in [0.15, 0.2) is 24.5 Å². The van der Waals surface area contributed by atoms with Gasteiger partial charge in [0.1, 0.15) is 11.9 Å². The molecule has 0 bridgehead atoms. The average molecular weight is 329 g/mol. The molecule has 2 aromatic rings. The number of rotatable bonds is 5. The van der Waals surface area contributed by atoms with Crippen molar-refractivity contribution < 1.29 is 9.53 Å². The summed E-state index contributed by atoms with van der Waals surface area (Å²) in [5, 5.41) is 4.15. The van der Waals surface area contributed by atoms with Gasteiger partial charge in [-0.2, -0.15) is 5.10 Å². The van der Waals surface area contributed by atoms with Crippen molar-refractivity contribution in [3.8, 4) is 0 Å². The molecule has 0 aliphatic carbocycles. The largest absolute Gasteiger partial charge is 0.368 e. The molecule has 1 saturated heterocycles. The van der Waals surface area contributed by atoms with Crippen molar-refractivity contribution in [2.24, 2.45) is 0 Å². The third-order valence-electron chi connectivity index (χ3n) is 4.07. The Hall–Kier alpha value is -2.28. The molecule has 1 aliphatic heterocycles. The minimum Gasteiger partial charge on any atom is -0.368 e. The minimum atomic E-state index is -0.172. The molecule has 128 valence electrons. The summed E-state index contributed by atoms with van der Waals surface area (Å²) in [6.07, 6.45) is 4.80. The van der Waals surface area contributed by atoms with Crippen LogP contribution < -0.4 is 0 Å². The standard InChI is InChI=1S/C17H23N5O2/c1-13-11-15(20-14(2)19-13)16-12-21(9-10-24-16)17(23)5-3-7-22-8-4-6-18-22/h4,6,8,11,16H,3,5,7,9-10,12H2,1-2H3. The van der Waals surface area contributed by atoms with Gasteiger partial charge in [-0.3, -0.25) is 9.48 Å². The van der Waals surface area contributed by atoms with E-state index in [2.05, 4.69) is 15.1 Å². The van der Waals surface area contributed by atoms with Crippen molar-refractivity contribution in [3.63, 3.8) is 0 Å². The molecule has 7 heteroatoms. The van der Waals surface area contributed by atoms with Gasteiger partial charge in [-0.1, -0.05) is 0 Å². The Bertz CT molecular complexity index is 666. The number of carbonyl (C=O) groups excluding carboxylic acids is 1. The van der Waals surface area contributed by atoms with E-state index in [9.17, 15) is 4.79 Å². The van der Waals surface area contributed by atoms with Crippen molar-refractivity contribution in [2.75, 3.05) is 19.7 Å². The summed E-state index contributed by atoms with van der Waals surface area (Å²) in [6.45, 7) is 6.31. The Morgan fingerprint density at radius 1 is 1.38 bits per heavy atom. The van der Waals surface area contributed by atoms with Crippen LogP contribution in [-0.2, 0) is 16.1 Å². The SMILES string of the molecule is Cc1cc(C2CN(C(=O)CCCn3cccn3)CCO2)nc(C)n1. The number of nitrogens with zero attached hydrogens (tertiary/aromatic N) is 5. The van der Waals surface area contributed by atoms with Crippen LogP contribution in [-0.4, -0.2) is 50.3 Å². The van der Waals surface area contributed by atoms with E-state index in [1.54, 1.807) is 6.20 Å². The molecule has 0 N–H and O–H groups in total. The number of hydrogen-bond donors (Lipinski definition) is 0. The van der Waals surface area contributed by atoms with Crippen LogP contribution in [0.3, 0.4) is 0 Å². The molecular formula is C17H23N5O2. The summed E-state index contributed by atoms with van der Waals surface area (Å²) < 4.78 is 7.67. The van der Waals surface area contributed by atoms with Gasteiger partial charge in [-0.25, -0.2) is 9.97 Å². The predicted molar refractivity (Wildman–Crippen MR) is 88.2 cm³/mol. The first-order chi connectivity index (χ1) is 11.6. The second kappa shape index (κ2) is 7.53. The van der Waals surface area contributed by atoms with Gasteiger partial charge in [0.25, 0.3) is 0 Å². The Morgan fingerprint density at radius 2 is 2.25 bits per heavy atom. The van der Waals surface area contributed by atoms with Gasteiger partial charge in [-0.05, 0) is 32.4 Å². The van der Waals surface area contributed by atoms with E-state index in [-0.39, 0.29) is 12.0 Å². The molecule has 3 rings (SSSR count). The van der Waals surface area contributed by atoms with Crippen molar-refractivity contribution in [1.82, 2.24) is 24.6 Å². The molecule has 1 fully saturated rings.